The van der Waals surface area contributed by atoms with Crippen LogP contribution in [0, 0.1) is 12.7 Å². The van der Waals surface area contributed by atoms with Gasteiger partial charge in [0.2, 0.25) is 5.13 Å². The van der Waals surface area contributed by atoms with Gasteiger partial charge in [-0.05, 0) is 24.6 Å². The highest BCUT2D eigenvalue weighted by Gasteiger charge is 2.05. The highest BCUT2D eigenvalue weighted by atomic mass is 32.1. The van der Waals surface area contributed by atoms with Gasteiger partial charge in [0.25, 0.3) is 0 Å². The third-order valence-corrected chi connectivity index (χ3v) is 2.84. The summed E-state index contributed by atoms with van der Waals surface area (Å²) in [5, 5.41) is 13.9. The summed E-state index contributed by atoms with van der Waals surface area (Å²) in [6.45, 7) is 2.05. The number of carbonyl (C=O) groups is 1. The van der Waals surface area contributed by atoms with Crippen molar-refractivity contribution in [2.24, 2.45) is 0 Å². The molecule has 94 valence electrons. The van der Waals surface area contributed by atoms with Gasteiger partial charge in [0, 0.05) is 6.54 Å². The number of halogens is 1. The second-order valence-corrected chi connectivity index (χ2v) is 4.75. The second kappa shape index (κ2) is 5.54. The van der Waals surface area contributed by atoms with Gasteiger partial charge in [-0.25, -0.2) is 9.18 Å². The van der Waals surface area contributed by atoms with Crippen molar-refractivity contribution in [3.05, 3.63) is 40.7 Å². The fourth-order valence-corrected chi connectivity index (χ4v) is 1.90. The molecule has 2 rings (SSSR count). The normalized spacial score (nSPS) is 10.1. The molecule has 1 heterocycles. The quantitative estimate of drug-likeness (QED) is 0.895. The number of amides is 2. The smallest absolute Gasteiger partial charge is 0.321 e. The lowest BCUT2D eigenvalue weighted by Crippen LogP contribution is -2.28. The summed E-state index contributed by atoms with van der Waals surface area (Å²) >= 11 is 1.29. The second-order valence-electron chi connectivity index (χ2n) is 3.56. The third kappa shape index (κ3) is 3.49. The Morgan fingerprint density at radius 2 is 2.28 bits per heavy atom. The van der Waals surface area contributed by atoms with Crippen LogP contribution in [0.1, 0.15) is 10.6 Å². The first-order valence-electron chi connectivity index (χ1n) is 5.23. The number of aromatic nitrogens is 2. The average Bonchev–Trinajstić information content (AvgIpc) is 2.72. The van der Waals surface area contributed by atoms with Crippen LogP contribution >= 0.6 is 11.3 Å². The molecular formula is C11H11FN4OS. The van der Waals surface area contributed by atoms with Crippen molar-refractivity contribution >= 4 is 22.5 Å². The molecule has 0 aliphatic heterocycles. The third-order valence-electron chi connectivity index (χ3n) is 2.09. The highest BCUT2D eigenvalue weighted by Crippen LogP contribution is 2.13. The number of urea groups is 1. The number of benzene rings is 1. The van der Waals surface area contributed by atoms with E-state index in [1.54, 1.807) is 19.1 Å². The Bertz CT molecular complexity index is 557. The maximum Gasteiger partial charge on any atom is 0.321 e. The van der Waals surface area contributed by atoms with E-state index in [0.29, 0.717) is 10.7 Å². The van der Waals surface area contributed by atoms with E-state index < -0.39 is 6.03 Å². The largest absolute Gasteiger partial charge is 0.334 e. The van der Waals surface area contributed by atoms with Crippen LogP contribution in [0.5, 0.6) is 0 Å². The molecule has 0 saturated heterocycles. The van der Waals surface area contributed by atoms with Gasteiger partial charge in [-0.15, -0.1) is 10.2 Å². The minimum Gasteiger partial charge on any atom is -0.334 e. The number of aryl methyl sites for hydroxylation is 1. The molecule has 0 radical (unpaired) electrons. The molecule has 0 fully saturated rings. The van der Waals surface area contributed by atoms with E-state index in [1.165, 1.54) is 23.5 Å². The number of nitrogens with one attached hydrogen (secondary N) is 2. The van der Waals surface area contributed by atoms with Crippen molar-refractivity contribution in [2.45, 2.75) is 13.5 Å². The van der Waals surface area contributed by atoms with Gasteiger partial charge in [-0.2, -0.15) is 0 Å². The summed E-state index contributed by atoms with van der Waals surface area (Å²) < 4.78 is 12.9. The topological polar surface area (TPSA) is 66.9 Å². The van der Waals surface area contributed by atoms with Crippen molar-refractivity contribution in [2.75, 3.05) is 5.32 Å². The molecule has 0 aliphatic carbocycles. The Balaban J connectivity index is 1.85. The molecule has 2 amide bonds. The monoisotopic (exact) mass is 266 g/mol. The molecule has 0 atom stereocenters. The molecule has 0 aliphatic rings. The minimum absolute atomic E-state index is 0.251. The highest BCUT2D eigenvalue weighted by molar-refractivity contribution is 7.15. The van der Waals surface area contributed by atoms with Crippen LogP contribution in [0.3, 0.4) is 0 Å². The van der Waals surface area contributed by atoms with Crippen molar-refractivity contribution in [1.29, 1.82) is 0 Å². The van der Waals surface area contributed by atoms with E-state index in [1.807, 2.05) is 0 Å². The van der Waals surface area contributed by atoms with Gasteiger partial charge >= 0.3 is 6.03 Å². The molecule has 1 aromatic carbocycles. The van der Waals surface area contributed by atoms with Crippen LogP contribution < -0.4 is 10.6 Å². The molecule has 7 heteroatoms. The van der Waals surface area contributed by atoms with Gasteiger partial charge in [0.15, 0.2) is 0 Å². The fourth-order valence-electron chi connectivity index (χ4n) is 1.32. The van der Waals surface area contributed by atoms with Crippen LogP contribution in [0.25, 0.3) is 0 Å². The Morgan fingerprint density at radius 1 is 1.44 bits per heavy atom. The Hall–Kier alpha value is -2.02. The molecule has 0 bridgehead atoms. The molecule has 0 spiro atoms. The molecule has 0 unspecified atom stereocenters. The van der Waals surface area contributed by atoms with Crippen LogP contribution in [0.15, 0.2) is 24.3 Å². The Kier molecular flexibility index (Phi) is 3.83. The lowest BCUT2D eigenvalue weighted by atomic mass is 10.2. The summed E-state index contributed by atoms with van der Waals surface area (Å²) in [6, 6.07) is 5.66. The number of nitrogens with zero attached hydrogens (tertiary/aromatic N) is 2. The van der Waals surface area contributed by atoms with Gasteiger partial charge in [0.05, 0.1) is 0 Å². The fraction of sp³-hybridized carbons (Fsp3) is 0.182. The van der Waals surface area contributed by atoms with Crippen LogP contribution in [0.4, 0.5) is 14.3 Å². The standard InChI is InChI=1S/C11H11FN4OS/c1-7-15-16-11(18-7)14-10(17)13-6-8-3-2-4-9(12)5-8/h2-5H,6H2,1H3,(H2,13,14,16,17). The zero-order valence-corrected chi connectivity index (χ0v) is 10.4. The number of hydrogen-bond acceptors (Lipinski definition) is 4. The number of carbonyl (C=O) groups excluding carboxylic acids is 1. The van der Waals surface area contributed by atoms with Crippen LogP contribution in [-0.4, -0.2) is 16.2 Å². The van der Waals surface area contributed by atoms with Crippen molar-refractivity contribution < 1.29 is 9.18 Å². The number of anilines is 1. The minimum atomic E-state index is -0.393. The van der Waals surface area contributed by atoms with Crippen molar-refractivity contribution in [1.82, 2.24) is 15.5 Å². The van der Waals surface area contributed by atoms with E-state index in [4.69, 9.17) is 0 Å². The van der Waals surface area contributed by atoms with Gasteiger partial charge in [-0.1, -0.05) is 23.5 Å². The summed E-state index contributed by atoms with van der Waals surface area (Å²) in [5.41, 5.74) is 0.693. The maximum atomic E-state index is 12.9. The van der Waals surface area contributed by atoms with Crippen molar-refractivity contribution in [3.63, 3.8) is 0 Å². The van der Waals surface area contributed by atoms with E-state index >= 15 is 0 Å². The van der Waals surface area contributed by atoms with E-state index in [-0.39, 0.29) is 12.4 Å². The lowest BCUT2D eigenvalue weighted by Gasteiger charge is -2.05. The predicted molar refractivity (Wildman–Crippen MR) is 66.9 cm³/mol. The molecule has 2 aromatic rings. The first kappa shape index (κ1) is 12.4. The molecule has 2 N–H and O–H groups in total. The van der Waals surface area contributed by atoms with Crippen molar-refractivity contribution in [3.8, 4) is 0 Å². The molecule has 5 nitrogen and oxygen atoms in total. The molecule has 18 heavy (non-hydrogen) atoms. The first-order chi connectivity index (χ1) is 8.63. The maximum absolute atomic E-state index is 12.9. The summed E-state index contributed by atoms with van der Waals surface area (Å²) in [6.07, 6.45) is 0. The lowest BCUT2D eigenvalue weighted by molar-refractivity contribution is 0.251. The summed E-state index contributed by atoms with van der Waals surface area (Å²) in [7, 11) is 0. The average molecular weight is 266 g/mol. The zero-order valence-electron chi connectivity index (χ0n) is 9.61. The summed E-state index contributed by atoms with van der Waals surface area (Å²) in [4.78, 5) is 11.5. The SMILES string of the molecule is Cc1nnc(NC(=O)NCc2cccc(F)c2)s1. The Morgan fingerprint density at radius 3 is 2.94 bits per heavy atom. The molecular weight excluding hydrogens is 255 g/mol. The van der Waals surface area contributed by atoms with Crippen LogP contribution in [-0.2, 0) is 6.54 Å². The van der Waals surface area contributed by atoms with E-state index in [0.717, 1.165) is 5.01 Å². The van der Waals surface area contributed by atoms with Crippen LogP contribution in [0.2, 0.25) is 0 Å². The molecule has 1 aromatic heterocycles. The van der Waals surface area contributed by atoms with Gasteiger partial charge < -0.3 is 5.32 Å². The van der Waals surface area contributed by atoms with E-state index in [2.05, 4.69) is 20.8 Å². The predicted octanol–water partition coefficient (Wildman–Crippen LogP) is 2.31. The zero-order chi connectivity index (χ0) is 13.0. The number of rotatable bonds is 3. The van der Waals surface area contributed by atoms with Gasteiger partial charge in [-0.3, -0.25) is 5.32 Å². The first-order valence-corrected chi connectivity index (χ1v) is 6.04. The van der Waals surface area contributed by atoms with Gasteiger partial charge in [0.1, 0.15) is 10.8 Å². The number of hydrogen-bond donors (Lipinski definition) is 2. The Labute approximate surface area is 107 Å². The molecule has 0 saturated carbocycles. The van der Waals surface area contributed by atoms with E-state index in [9.17, 15) is 9.18 Å². The summed E-state index contributed by atoms with van der Waals surface area (Å²) in [5.74, 6) is -0.325.